The average Bonchev–Trinajstić information content (AvgIpc) is 2.48. The van der Waals surface area contributed by atoms with E-state index in [2.05, 4.69) is 5.32 Å². The minimum absolute atomic E-state index is 0.254. The molecule has 0 aromatic heterocycles. The van der Waals surface area contributed by atoms with Crippen molar-refractivity contribution in [1.82, 2.24) is 0 Å². The number of nitrogens with one attached hydrogen (secondary N) is 1. The zero-order valence-corrected chi connectivity index (χ0v) is 11.7. The number of methoxy groups -OCH3 is 1. The number of rotatable bonds is 6. The summed E-state index contributed by atoms with van der Waals surface area (Å²) < 4.78 is 10.5. The maximum Gasteiger partial charge on any atom is 0.120 e. The van der Waals surface area contributed by atoms with Gasteiger partial charge in [-0.25, -0.2) is 0 Å². The molecular weight excluding hydrogens is 254 g/mol. The molecule has 0 saturated heterocycles. The number of phenolic OH excluding ortho intramolecular Hbond substituents is 1. The monoisotopic (exact) mass is 273 g/mol. The molecule has 4 nitrogen and oxygen atoms in total. The average molecular weight is 273 g/mol. The molecular formula is C16H19NO3. The molecule has 0 spiro atoms. The molecule has 0 aliphatic heterocycles. The maximum absolute atomic E-state index is 9.81. The van der Waals surface area contributed by atoms with Crippen molar-refractivity contribution in [2.24, 2.45) is 0 Å². The van der Waals surface area contributed by atoms with E-state index in [0.717, 1.165) is 22.7 Å². The maximum atomic E-state index is 9.81. The molecule has 4 heteroatoms. The van der Waals surface area contributed by atoms with Crippen molar-refractivity contribution in [2.45, 2.75) is 13.5 Å². The topological polar surface area (TPSA) is 50.7 Å². The van der Waals surface area contributed by atoms with Crippen LogP contribution in [0, 0.1) is 0 Å². The van der Waals surface area contributed by atoms with Crippen LogP contribution in [-0.2, 0) is 6.54 Å². The molecule has 0 amide bonds. The Kier molecular flexibility index (Phi) is 4.71. The molecule has 0 saturated carbocycles. The summed E-state index contributed by atoms with van der Waals surface area (Å²) >= 11 is 0. The van der Waals surface area contributed by atoms with Gasteiger partial charge in [-0.05, 0) is 49.4 Å². The fourth-order valence-electron chi connectivity index (χ4n) is 1.86. The number of benzene rings is 2. The molecule has 106 valence electrons. The Morgan fingerprint density at radius 1 is 1.05 bits per heavy atom. The van der Waals surface area contributed by atoms with E-state index in [1.807, 2.05) is 37.3 Å². The van der Waals surface area contributed by atoms with E-state index in [1.165, 1.54) is 0 Å². The van der Waals surface area contributed by atoms with Gasteiger partial charge in [-0.15, -0.1) is 0 Å². The molecule has 2 N–H and O–H groups in total. The van der Waals surface area contributed by atoms with Gasteiger partial charge in [-0.3, -0.25) is 0 Å². The van der Waals surface area contributed by atoms with Crippen LogP contribution in [0.4, 0.5) is 5.69 Å². The van der Waals surface area contributed by atoms with Gasteiger partial charge < -0.3 is 19.9 Å². The molecule has 0 aliphatic carbocycles. The number of hydrogen-bond acceptors (Lipinski definition) is 4. The first-order chi connectivity index (χ1) is 9.72. The van der Waals surface area contributed by atoms with Crippen molar-refractivity contribution < 1.29 is 14.6 Å². The lowest BCUT2D eigenvalue weighted by Gasteiger charge is -2.10. The van der Waals surface area contributed by atoms with Gasteiger partial charge in [-0.2, -0.15) is 0 Å². The lowest BCUT2D eigenvalue weighted by Crippen LogP contribution is -2.00. The van der Waals surface area contributed by atoms with Gasteiger partial charge in [0.25, 0.3) is 0 Å². The van der Waals surface area contributed by atoms with Gasteiger partial charge in [0.05, 0.1) is 13.7 Å². The van der Waals surface area contributed by atoms with Crippen LogP contribution in [0.25, 0.3) is 0 Å². The van der Waals surface area contributed by atoms with Crippen LogP contribution >= 0.6 is 0 Å². The number of phenols is 1. The number of aromatic hydroxyl groups is 1. The summed E-state index contributed by atoms with van der Waals surface area (Å²) in [4.78, 5) is 0. The Morgan fingerprint density at radius 3 is 2.40 bits per heavy atom. The third kappa shape index (κ3) is 3.57. The first-order valence-electron chi connectivity index (χ1n) is 6.55. The molecule has 0 fully saturated rings. The Morgan fingerprint density at radius 2 is 1.75 bits per heavy atom. The summed E-state index contributed by atoms with van der Waals surface area (Å²) in [6.45, 7) is 3.14. The molecule has 0 unspecified atom stereocenters. The van der Waals surface area contributed by atoms with Gasteiger partial charge >= 0.3 is 0 Å². The third-order valence-corrected chi connectivity index (χ3v) is 2.93. The van der Waals surface area contributed by atoms with Crippen LogP contribution in [0.2, 0.25) is 0 Å². The van der Waals surface area contributed by atoms with Gasteiger partial charge in [0, 0.05) is 17.8 Å². The Balaban J connectivity index is 2.01. The predicted octanol–water partition coefficient (Wildman–Crippen LogP) is 3.41. The number of hydrogen-bond donors (Lipinski definition) is 2. The smallest absolute Gasteiger partial charge is 0.120 e. The first-order valence-corrected chi connectivity index (χ1v) is 6.55. The molecule has 20 heavy (non-hydrogen) atoms. The molecule has 0 heterocycles. The normalized spacial score (nSPS) is 10.1. The highest BCUT2D eigenvalue weighted by atomic mass is 16.5. The summed E-state index contributed by atoms with van der Waals surface area (Å²) in [5, 5.41) is 13.1. The van der Waals surface area contributed by atoms with Crippen molar-refractivity contribution in [3.63, 3.8) is 0 Å². The van der Waals surface area contributed by atoms with E-state index >= 15 is 0 Å². The largest absolute Gasteiger partial charge is 0.508 e. The summed E-state index contributed by atoms with van der Waals surface area (Å²) in [7, 11) is 1.61. The zero-order valence-electron chi connectivity index (χ0n) is 11.7. The first kappa shape index (κ1) is 14.1. The quantitative estimate of drug-likeness (QED) is 0.846. The van der Waals surface area contributed by atoms with E-state index in [0.29, 0.717) is 13.2 Å². The van der Waals surface area contributed by atoms with E-state index in [1.54, 1.807) is 19.2 Å². The summed E-state index contributed by atoms with van der Waals surface area (Å²) in [6.07, 6.45) is 0. The predicted molar refractivity (Wildman–Crippen MR) is 79.6 cm³/mol. The summed E-state index contributed by atoms with van der Waals surface area (Å²) in [5.41, 5.74) is 1.76. The second-order valence-corrected chi connectivity index (χ2v) is 4.31. The van der Waals surface area contributed by atoms with Crippen LogP contribution in [0.1, 0.15) is 12.5 Å². The Hall–Kier alpha value is -2.36. The number of ether oxygens (including phenoxy) is 2. The van der Waals surface area contributed by atoms with Gasteiger partial charge in [-0.1, -0.05) is 0 Å². The summed E-state index contributed by atoms with van der Waals surface area (Å²) in [5.74, 6) is 1.83. The zero-order chi connectivity index (χ0) is 14.4. The molecule has 2 rings (SSSR count). The van der Waals surface area contributed by atoms with Crippen LogP contribution in [-0.4, -0.2) is 18.8 Å². The fourth-order valence-corrected chi connectivity index (χ4v) is 1.86. The van der Waals surface area contributed by atoms with Crippen LogP contribution in [0.15, 0.2) is 42.5 Å². The lowest BCUT2D eigenvalue weighted by atomic mass is 10.2. The SMILES string of the molecule is CCOc1ccc(NCc2cc(OC)ccc2O)cc1. The molecule has 0 aliphatic rings. The van der Waals surface area contributed by atoms with Crippen molar-refractivity contribution in [2.75, 3.05) is 19.0 Å². The highest BCUT2D eigenvalue weighted by Crippen LogP contribution is 2.24. The van der Waals surface area contributed by atoms with Gasteiger partial charge in [0.2, 0.25) is 0 Å². The second kappa shape index (κ2) is 6.70. The minimum atomic E-state index is 0.254. The van der Waals surface area contributed by atoms with E-state index in [9.17, 15) is 5.11 Å². The molecule has 2 aromatic carbocycles. The third-order valence-electron chi connectivity index (χ3n) is 2.93. The van der Waals surface area contributed by atoms with Crippen LogP contribution in [0.5, 0.6) is 17.2 Å². The highest BCUT2D eigenvalue weighted by Gasteiger charge is 2.03. The van der Waals surface area contributed by atoms with E-state index < -0.39 is 0 Å². The van der Waals surface area contributed by atoms with Crippen LogP contribution in [0.3, 0.4) is 0 Å². The lowest BCUT2D eigenvalue weighted by molar-refractivity contribution is 0.340. The van der Waals surface area contributed by atoms with Gasteiger partial charge in [0.15, 0.2) is 0 Å². The summed E-state index contributed by atoms with van der Waals surface area (Å²) in [6, 6.07) is 12.9. The fraction of sp³-hybridized carbons (Fsp3) is 0.250. The Labute approximate surface area is 119 Å². The molecule has 0 bridgehead atoms. The van der Waals surface area contributed by atoms with Crippen molar-refractivity contribution >= 4 is 5.69 Å². The molecule has 2 aromatic rings. The van der Waals surface area contributed by atoms with Crippen molar-refractivity contribution in [3.8, 4) is 17.2 Å². The van der Waals surface area contributed by atoms with E-state index in [4.69, 9.17) is 9.47 Å². The minimum Gasteiger partial charge on any atom is -0.508 e. The highest BCUT2D eigenvalue weighted by molar-refractivity contribution is 5.48. The second-order valence-electron chi connectivity index (χ2n) is 4.31. The Bertz CT molecular complexity index is 552. The van der Waals surface area contributed by atoms with Gasteiger partial charge in [0.1, 0.15) is 17.2 Å². The van der Waals surface area contributed by atoms with E-state index in [-0.39, 0.29) is 5.75 Å². The van der Waals surface area contributed by atoms with Crippen LogP contribution < -0.4 is 14.8 Å². The van der Waals surface area contributed by atoms with Crippen molar-refractivity contribution in [3.05, 3.63) is 48.0 Å². The molecule has 0 radical (unpaired) electrons. The standard InChI is InChI=1S/C16H19NO3/c1-3-20-14-6-4-13(5-7-14)17-11-12-10-15(19-2)8-9-16(12)18/h4-10,17-18H,3,11H2,1-2H3. The number of anilines is 1. The van der Waals surface area contributed by atoms with Crippen molar-refractivity contribution in [1.29, 1.82) is 0 Å². The molecule has 0 atom stereocenters.